The predicted octanol–water partition coefficient (Wildman–Crippen LogP) is 2.36. The number of nitrogens with one attached hydrogen (secondary N) is 1. The van der Waals surface area contributed by atoms with Crippen molar-refractivity contribution < 1.29 is 4.74 Å². The summed E-state index contributed by atoms with van der Waals surface area (Å²) in [5.74, 6) is 0. The van der Waals surface area contributed by atoms with E-state index in [1.807, 2.05) is 11.6 Å². The molecule has 1 aliphatic heterocycles. The van der Waals surface area contributed by atoms with Gasteiger partial charge in [0.25, 0.3) is 0 Å². The first-order valence-electron chi connectivity index (χ1n) is 5.46. The number of hydrogen-bond donors (Lipinski definition) is 1. The summed E-state index contributed by atoms with van der Waals surface area (Å²) in [4.78, 5) is 4.30. The highest BCUT2D eigenvalue weighted by Gasteiger charge is 2.29. The average Bonchev–Trinajstić information content (AvgIpc) is 2.85. The molecule has 2 atom stereocenters. The molecule has 0 aliphatic carbocycles. The van der Waals surface area contributed by atoms with Crippen LogP contribution in [0.3, 0.4) is 0 Å². The lowest BCUT2D eigenvalue weighted by molar-refractivity contribution is 0.0191. The zero-order chi connectivity index (χ0) is 10.7. The van der Waals surface area contributed by atoms with E-state index in [4.69, 9.17) is 4.74 Å². The van der Waals surface area contributed by atoms with Crippen LogP contribution in [-0.2, 0) is 4.74 Å². The van der Waals surface area contributed by atoms with Crippen LogP contribution in [0.15, 0.2) is 11.6 Å². The number of nitrogens with zero attached hydrogens (tertiary/aromatic N) is 1. The van der Waals surface area contributed by atoms with Crippen LogP contribution >= 0.6 is 11.3 Å². The van der Waals surface area contributed by atoms with Crippen LogP contribution in [0, 0.1) is 0 Å². The molecule has 15 heavy (non-hydrogen) atoms. The van der Waals surface area contributed by atoms with E-state index in [0.29, 0.717) is 6.04 Å². The topological polar surface area (TPSA) is 34.1 Å². The van der Waals surface area contributed by atoms with Gasteiger partial charge >= 0.3 is 0 Å². The van der Waals surface area contributed by atoms with E-state index < -0.39 is 0 Å². The van der Waals surface area contributed by atoms with E-state index in [9.17, 15) is 0 Å². The molecule has 1 saturated heterocycles. The normalized spacial score (nSPS) is 28.1. The Kier molecular flexibility index (Phi) is 3.38. The van der Waals surface area contributed by atoms with Crippen molar-refractivity contribution in [3.63, 3.8) is 0 Å². The summed E-state index contributed by atoms with van der Waals surface area (Å²) in [6.07, 6.45) is 4.19. The lowest BCUT2D eigenvalue weighted by Gasteiger charge is -2.25. The van der Waals surface area contributed by atoms with Crippen molar-refractivity contribution in [1.29, 1.82) is 0 Å². The predicted molar refractivity (Wildman–Crippen MR) is 62.1 cm³/mol. The Morgan fingerprint density at radius 3 is 3.20 bits per heavy atom. The average molecular weight is 226 g/mol. The van der Waals surface area contributed by atoms with Crippen molar-refractivity contribution in [1.82, 2.24) is 10.3 Å². The SMILES string of the molecule is CC(NCC1(C)CCCO1)c1nccs1. The zero-order valence-corrected chi connectivity index (χ0v) is 10.1. The summed E-state index contributed by atoms with van der Waals surface area (Å²) in [7, 11) is 0. The Balaban J connectivity index is 1.83. The minimum absolute atomic E-state index is 0.0333. The number of rotatable bonds is 4. The Bertz CT molecular complexity index is 294. The Labute approximate surface area is 94.9 Å². The fourth-order valence-corrected chi connectivity index (χ4v) is 2.55. The second-order valence-corrected chi connectivity index (χ2v) is 5.30. The molecule has 0 aromatic carbocycles. The molecule has 1 fully saturated rings. The molecule has 2 heterocycles. The van der Waals surface area contributed by atoms with Gasteiger partial charge in [-0.05, 0) is 26.7 Å². The summed E-state index contributed by atoms with van der Waals surface area (Å²) in [5, 5.41) is 6.66. The third-order valence-electron chi connectivity index (χ3n) is 2.90. The van der Waals surface area contributed by atoms with Crippen LogP contribution in [-0.4, -0.2) is 23.7 Å². The molecule has 0 amide bonds. The van der Waals surface area contributed by atoms with Gasteiger partial charge in [-0.25, -0.2) is 4.98 Å². The first-order chi connectivity index (χ1) is 7.20. The van der Waals surface area contributed by atoms with Crippen molar-refractivity contribution in [2.24, 2.45) is 0 Å². The number of thiazole rings is 1. The van der Waals surface area contributed by atoms with E-state index >= 15 is 0 Å². The van der Waals surface area contributed by atoms with Crippen molar-refractivity contribution in [3.8, 4) is 0 Å². The second kappa shape index (κ2) is 4.60. The molecule has 0 bridgehead atoms. The molecular weight excluding hydrogens is 208 g/mol. The van der Waals surface area contributed by atoms with Gasteiger partial charge in [0.1, 0.15) is 5.01 Å². The largest absolute Gasteiger partial charge is 0.374 e. The fourth-order valence-electron chi connectivity index (χ4n) is 1.88. The second-order valence-electron chi connectivity index (χ2n) is 4.37. The monoisotopic (exact) mass is 226 g/mol. The van der Waals surface area contributed by atoms with Crippen LogP contribution < -0.4 is 5.32 Å². The van der Waals surface area contributed by atoms with Gasteiger partial charge in [0.15, 0.2) is 0 Å². The fraction of sp³-hybridized carbons (Fsp3) is 0.727. The van der Waals surface area contributed by atoms with Crippen molar-refractivity contribution in [3.05, 3.63) is 16.6 Å². The van der Waals surface area contributed by atoms with Gasteiger partial charge < -0.3 is 10.1 Å². The van der Waals surface area contributed by atoms with E-state index in [2.05, 4.69) is 24.1 Å². The van der Waals surface area contributed by atoms with Crippen molar-refractivity contribution in [2.45, 2.75) is 38.3 Å². The summed E-state index contributed by atoms with van der Waals surface area (Å²) >= 11 is 1.70. The Hall–Kier alpha value is -0.450. The maximum Gasteiger partial charge on any atom is 0.109 e. The summed E-state index contributed by atoms with van der Waals surface area (Å²) in [6, 6.07) is 0.325. The van der Waals surface area contributed by atoms with Crippen LogP contribution in [0.1, 0.15) is 37.7 Å². The first kappa shape index (κ1) is 11.0. The standard InChI is InChI=1S/C11H18N2OS/c1-9(10-12-5-7-15-10)13-8-11(2)4-3-6-14-11/h5,7,9,13H,3-4,6,8H2,1-2H3. The van der Waals surface area contributed by atoms with Gasteiger partial charge in [-0.2, -0.15) is 0 Å². The third kappa shape index (κ3) is 2.77. The van der Waals surface area contributed by atoms with Gasteiger partial charge in [-0.15, -0.1) is 11.3 Å². The minimum Gasteiger partial charge on any atom is -0.374 e. The molecule has 1 aromatic rings. The molecule has 84 valence electrons. The van der Waals surface area contributed by atoms with Crippen LogP contribution in [0.4, 0.5) is 0 Å². The maximum absolute atomic E-state index is 5.73. The van der Waals surface area contributed by atoms with Gasteiger partial charge in [0, 0.05) is 24.7 Å². The highest BCUT2D eigenvalue weighted by molar-refractivity contribution is 7.09. The molecule has 0 spiro atoms. The highest BCUT2D eigenvalue weighted by Crippen LogP contribution is 2.25. The molecule has 3 nitrogen and oxygen atoms in total. The van der Waals surface area contributed by atoms with Crippen molar-refractivity contribution >= 4 is 11.3 Å². The summed E-state index contributed by atoms with van der Waals surface area (Å²) in [6.45, 7) is 6.15. The molecule has 2 rings (SSSR count). The zero-order valence-electron chi connectivity index (χ0n) is 9.32. The van der Waals surface area contributed by atoms with Gasteiger partial charge in [-0.3, -0.25) is 0 Å². The minimum atomic E-state index is 0.0333. The molecule has 1 aliphatic rings. The molecule has 1 N–H and O–H groups in total. The van der Waals surface area contributed by atoms with Crippen LogP contribution in [0.25, 0.3) is 0 Å². The number of ether oxygens (including phenoxy) is 1. The lowest BCUT2D eigenvalue weighted by Crippen LogP contribution is -2.38. The number of aromatic nitrogens is 1. The van der Waals surface area contributed by atoms with Crippen LogP contribution in [0.5, 0.6) is 0 Å². The quantitative estimate of drug-likeness (QED) is 0.856. The van der Waals surface area contributed by atoms with Gasteiger partial charge in [0.2, 0.25) is 0 Å². The molecule has 0 saturated carbocycles. The van der Waals surface area contributed by atoms with E-state index in [1.165, 1.54) is 6.42 Å². The summed E-state index contributed by atoms with van der Waals surface area (Å²) in [5.41, 5.74) is 0.0333. The molecule has 4 heteroatoms. The van der Waals surface area contributed by atoms with Crippen LogP contribution in [0.2, 0.25) is 0 Å². The van der Waals surface area contributed by atoms with Crippen molar-refractivity contribution in [2.75, 3.05) is 13.2 Å². The molecular formula is C11H18N2OS. The highest BCUT2D eigenvalue weighted by atomic mass is 32.1. The molecule has 1 aromatic heterocycles. The third-order valence-corrected chi connectivity index (χ3v) is 3.86. The smallest absolute Gasteiger partial charge is 0.109 e. The van der Waals surface area contributed by atoms with E-state index in [0.717, 1.165) is 24.6 Å². The van der Waals surface area contributed by atoms with E-state index in [-0.39, 0.29) is 5.60 Å². The first-order valence-corrected chi connectivity index (χ1v) is 6.34. The number of hydrogen-bond acceptors (Lipinski definition) is 4. The Morgan fingerprint density at radius 1 is 1.73 bits per heavy atom. The molecule has 2 unspecified atom stereocenters. The molecule has 0 radical (unpaired) electrons. The lowest BCUT2D eigenvalue weighted by atomic mass is 10.0. The van der Waals surface area contributed by atoms with E-state index in [1.54, 1.807) is 11.3 Å². The van der Waals surface area contributed by atoms with Gasteiger partial charge in [-0.1, -0.05) is 0 Å². The Morgan fingerprint density at radius 2 is 2.60 bits per heavy atom. The van der Waals surface area contributed by atoms with Gasteiger partial charge in [0.05, 0.1) is 11.6 Å². The summed E-state index contributed by atoms with van der Waals surface area (Å²) < 4.78 is 5.73. The maximum atomic E-state index is 5.73.